The van der Waals surface area contributed by atoms with Gasteiger partial charge in [0.1, 0.15) is 0 Å². The minimum absolute atomic E-state index is 0.0636. The number of carboxylic acid groups (broad SMARTS) is 3. The third-order valence-corrected chi connectivity index (χ3v) is 10.1. The molecule has 3 atom stereocenters. The van der Waals surface area contributed by atoms with Gasteiger partial charge in [0.25, 0.3) is 0 Å². The van der Waals surface area contributed by atoms with Gasteiger partial charge in [-0.3, -0.25) is 14.6 Å². The highest BCUT2D eigenvalue weighted by molar-refractivity contribution is 6.24. The van der Waals surface area contributed by atoms with Crippen molar-refractivity contribution in [2.75, 3.05) is 0 Å². The van der Waals surface area contributed by atoms with Gasteiger partial charge in [-0.05, 0) is 80.0 Å². The average Bonchev–Trinajstić information content (AvgIpc) is 3.12. The van der Waals surface area contributed by atoms with Gasteiger partial charge in [0, 0.05) is 56.6 Å². The summed E-state index contributed by atoms with van der Waals surface area (Å²) in [5.74, 6) is -3.88. The number of aromatic amines is 2. The fourth-order valence-corrected chi connectivity index (χ4v) is 7.56. The minimum atomic E-state index is -1.22. The zero-order valence-corrected chi connectivity index (χ0v) is 26.0. The third kappa shape index (κ3) is 4.58. The number of aryl methyl sites for hydroxylation is 3. The molecule has 1 spiro atoms. The predicted molar refractivity (Wildman–Crippen MR) is 172 cm³/mol. The quantitative estimate of drug-likeness (QED) is 0.208. The lowest BCUT2D eigenvalue weighted by Crippen LogP contribution is -2.19. The molecule has 10 nitrogen and oxygen atoms in total. The Morgan fingerprint density at radius 1 is 0.956 bits per heavy atom. The summed E-state index contributed by atoms with van der Waals surface area (Å²) in [4.78, 5) is 53.9. The molecule has 1 aliphatic carbocycles. The molecule has 2 unspecified atom stereocenters. The number of H-pyrrole nitrogens is 2. The van der Waals surface area contributed by atoms with Crippen molar-refractivity contribution >= 4 is 57.2 Å². The van der Waals surface area contributed by atoms with Gasteiger partial charge >= 0.3 is 17.9 Å². The fourth-order valence-electron chi connectivity index (χ4n) is 7.56. The number of allylic oxidation sites excluding steroid dienone is 1. The normalized spacial score (nSPS) is 20.5. The second-order valence-electron chi connectivity index (χ2n) is 12.4. The van der Waals surface area contributed by atoms with E-state index >= 15 is 0 Å². The Balaban J connectivity index is 1.85. The molecule has 232 valence electrons. The van der Waals surface area contributed by atoms with Crippen LogP contribution in [0.15, 0.2) is 24.8 Å². The van der Waals surface area contributed by atoms with Crippen LogP contribution in [0.5, 0.6) is 0 Å². The summed E-state index contributed by atoms with van der Waals surface area (Å²) in [6.45, 7) is 13.8. The molecule has 3 aromatic heterocycles. The first kappa shape index (κ1) is 30.1. The Morgan fingerprint density at radius 3 is 2.27 bits per heavy atom. The topological polar surface area (TPSA) is 169 Å². The molecule has 10 heteroatoms. The zero-order chi connectivity index (χ0) is 32.5. The highest BCUT2D eigenvalue weighted by Gasteiger charge is 2.64. The van der Waals surface area contributed by atoms with Crippen LogP contribution < -0.4 is 0 Å². The molecule has 1 saturated carbocycles. The van der Waals surface area contributed by atoms with Gasteiger partial charge in [0.2, 0.25) is 0 Å². The maximum Gasteiger partial charge on any atom is 0.338 e. The van der Waals surface area contributed by atoms with Crippen molar-refractivity contribution in [1.29, 1.82) is 0 Å². The van der Waals surface area contributed by atoms with E-state index in [2.05, 4.69) is 23.5 Å². The zero-order valence-electron chi connectivity index (χ0n) is 26.0. The van der Waals surface area contributed by atoms with Crippen LogP contribution in [0.4, 0.5) is 0 Å². The average molecular weight is 609 g/mol. The first-order valence-corrected chi connectivity index (χ1v) is 15.1. The Bertz CT molecular complexity index is 2050. The van der Waals surface area contributed by atoms with Crippen molar-refractivity contribution in [2.45, 2.75) is 71.6 Å². The first-order valence-electron chi connectivity index (χ1n) is 15.1. The number of fused-ring (bicyclic) bond motifs is 9. The lowest BCUT2D eigenvalue weighted by atomic mass is 9.82. The monoisotopic (exact) mass is 608 g/mol. The number of aliphatic carboxylic acids is 3. The van der Waals surface area contributed by atoms with Crippen LogP contribution >= 0.6 is 0 Å². The predicted octanol–water partition coefficient (Wildman–Crippen LogP) is 6.32. The highest BCUT2D eigenvalue weighted by Crippen LogP contribution is 2.66. The Kier molecular flexibility index (Phi) is 7.06. The lowest BCUT2D eigenvalue weighted by molar-refractivity contribution is -0.138. The van der Waals surface area contributed by atoms with Crippen molar-refractivity contribution < 1.29 is 29.7 Å². The molecule has 0 radical (unpaired) electrons. The van der Waals surface area contributed by atoms with Gasteiger partial charge in [-0.2, -0.15) is 0 Å². The molecule has 0 amide bonds. The van der Waals surface area contributed by atoms with Crippen LogP contribution in [0.3, 0.4) is 0 Å². The molecule has 0 saturated heterocycles. The molecule has 5 N–H and O–H groups in total. The van der Waals surface area contributed by atoms with E-state index in [0.29, 0.717) is 35.5 Å². The van der Waals surface area contributed by atoms with E-state index in [0.717, 1.165) is 44.3 Å². The molecule has 1 fully saturated rings. The van der Waals surface area contributed by atoms with Gasteiger partial charge in [-0.1, -0.05) is 26.5 Å². The molecular weight excluding hydrogens is 572 g/mol. The van der Waals surface area contributed by atoms with Crippen molar-refractivity contribution in [3.63, 3.8) is 0 Å². The van der Waals surface area contributed by atoms with Crippen molar-refractivity contribution in [2.24, 2.45) is 5.92 Å². The van der Waals surface area contributed by atoms with Crippen molar-refractivity contribution in [3.05, 3.63) is 75.4 Å². The fraction of sp³-hybridized carbons (Fsp3) is 0.343. The van der Waals surface area contributed by atoms with E-state index < -0.39 is 29.7 Å². The number of carbonyl (C=O) groups is 3. The smallest absolute Gasteiger partial charge is 0.338 e. The van der Waals surface area contributed by atoms with Crippen LogP contribution in [0.2, 0.25) is 0 Å². The van der Waals surface area contributed by atoms with Gasteiger partial charge in [-0.25, -0.2) is 9.78 Å². The third-order valence-electron chi connectivity index (χ3n) is 10.1. The highest BCUT2D eigenvalue weighted by atomic mass is 16.4. The second kappa shape index (κ2) is 10.6. The van der Waals surface area contributed by atoms with Crippen LogP contribution in [0.1, 0.15) is 90.1 Å². The Hall–Kier alpha value is -4.99. The number of hydrogen-bond donors (Lipinski definition) is 5. The van der Waals surface area contributed by atoms with E-state index in [1.54, 1.807) is 6.92 Å². The summed E-state index contributed by atoms with van der Waals surface area (Å²) >= 11 is 0. The summed E-state index contributed by atoms with van der Waals surface area (Å²) in [6.07, 6.45) is 2.40. The number of rotatable bonds is 7. The van der Waals surface area contributed by atoms with E-state index in [1.165, 1.54) is 0 Å². The maximum atomic E-state index is 12.8. The van der Waals surface area contributed by atoms with Crippen LogP contribution in [0, 0.1) is 19.8 Å². The molecule has 6 rings (SSSR count). The largest absolute Gasteiger partial charge is 0.481 e. The maximum absolute atomic E-state index is 12.8. The SMILES string of the molecule is C=Cc1c(C)c2cc3nc(c(CC(=O)O)c4nc(cc5[nH]c(cc1[nH]2)c(C)c5CC)C(C)=C4C(=O)O)C1(CC1CC(=O)O)[C@@H]3C. The summed E-state index contributed by atoms with van der Waals surface area (Å²) in [5.41, 5.74) is 8.69. The molecule has 2 aliphatic heterocycles. The van der Waals surface area contributed by atoms with Crippen LogP contribution in [-0.2, 0) is 32.6 Å². The minimum Gasteiger partial charge on any atom is -0.481 e. The summed E-state index contributed by atoms with van der Waals surface area (Å²) in [5, 5.41) is 30.2. The molecule has 3 aliphatic rings. The van der Waals surface area contributed by atoms with E-state index in [4.69, 9.17) is 9.97 Å². The number of aromatic nitrogens is 4. The second-order valence-corrected chi connectivity index (χ2v) is 12.4. The van der Waals surface area contributed by atoms with Gasteiger partial charge in [0.05, 0.1) is 29.1 Å². The van der Waals surface area contributed by atoms with Crippen LogP contribution in [0.25, 0.3) is 39.3 Å². The van der Waals surface area contributed by atoms with Crippen molar-refractivity contribution in [1.82, 2.24) is 19.9 Å². The Morgan fingerprint density at radius 2 is 1.64 bits per heavy atom. The van der Waals surface area contributed by atoms with Crippen LogP contribution in [-0.4, -0.2) is 53.2 Å². The number of nitrogens with one attached hydrogen (secondary N) is 2. The molecule has 0 aromatic carbocycles. The number of nitrogens with zero attached hydrogens (tertiary/aromatic N) is 2. The molecule has 8 bridgehead atoms. The van der Waals surface area contributed by atoms with E-state index in [-0.39, 0.29) is 35.1 Å². The molecular formula is C35H36N4O6. The molecule has 5 heterocycles. The summed E-state index contributed by atoms with van der Waals surface area (Å²) < 4.78 is 0. The Labute approximate surface area is 259 Å². The summed E-state index contributed by atoms with van der Waals surface area (Å²) in [7, 11) is 0. The molecule has 45 heavy (non-hydrogen) atoms. The lowest BCUT2D eigenvalue weighted by Gasteiger charge is -2.19. The van der Waals surface area contributed by atoms with E-state index in [1.807, 2.05) is 45.0 Å². The number of carboxylic acids is 3. The van der Waals surface area contributed by atoms with E-state index in [9.17, 15) is 29.7 Å². The van der Waals surface area contributed by atoms with Gasteiger partial charge in [0.15, 0.2) is 0 Å². The number of hydrogen-bond acceptors (Lipinski definition) is 5. The molecule has 3 aromatic rings. The first-order chi connectivity index (χ1) is 21.3. The summed E-state index contributed by atoms with van der Waals surface area (Å²) in [6, 6.07) is 5.80. The van der Waals surface area contributed by atoms with Gasteiger partial charge in [-0.15, -0.1) is 0 Å². The van der Waals surface area contributed by atoms with Gasteiger partial charge < -0.3 is 25.3 Å². The standard InChI is InChI=1S/C35H36N4O6/c1-7-20-15(3)23-11-26-18(6)35(14-19(35)9-29(40)41)33(39-26)22(10-30(42)43)32-31(34(44)45)17(5)25(38-32)13-28-21(8-2)16(4)24(37-28)12-27(20)36-23/h7,11-13,18-19,36-37H,1,8-10,14H2,2-6H3,(H,40,41)(H,42,43)(H,44,45)/t18-,19?,35?/m1/s1. The van der Waals surface area contributed by atoms with Crippen molar-refractivity contribution in [3.8, 4) is 0 Å².